The number of nitrogens with zero attached hydrogens (tertiary/aromatic N) is 2. The van der Waals surface area contributed by atoms with E-state index in [0.717, 1.165) is 0 Å². The largest absolute Gasteiger partial charge is 0.476 e. The van der Waals surface area contributed by atoms with Gasteiger partial charge in [0.05, 0.1) is 22.0 Å². The quantitative estimate of drug-likeness (QED) is 0.689. The minimum Gasteiger partial charge on any atom is -0.476 e. The SMILES string of the molecule is O=C(O)c1nn(-c2ccccc2)c2c1CS(=O)(=O)c1cc(Br)ccc1-2. The first kappa shape index (κ1) is 16.0. The van der Waals surface area contributed by atoms with Gasteiger partial charge in [0.2, 0.25) is 0 Å². The van der Waals surface area contributed by atoms with Gasteiger partial charge >= 0.3 is 5.97 Å². The van der Waals surface area contributed by atoms with E-state index >= 15 is 0 Å². The molecule has 1 aliphatic heterocycles. The Bertz CT molecular complexity index is 1120. The fourth-order valence-electron chi connectivity index (χ4n) is 3.01. The van der Waals surface area contributed by atoms with Crippen LogP contribution in [0.4, 0.5) is 0 Å². The molecular weight excluding hydrogens is 408 g/mol. The molecular formula is C17H11BrN2O4S. The molecule has 3 aromatic rings. The van der Waals surface area contributed by atoms with Gasteiger partial charge in [0.15, 0.2) is 15.5 Å². The highest BCUT2D eigenvalue weighted by Crippen LogP contribution is 2.41. The molecule has 1 N–H and O–H groups in total. The minimum absolute atomic E-state index is 0.170. The summed E-state index contributed by atoms with van der Waals surface area (Å²) in [4.78, 5) is 11.8. The maximum atomic E-state index is 12.7. The standard InChI is InChI=1S/C17H11BrN2O4S/c18-10-6-7-12-14(8-10)25(23,24)9-13-15(17(21)22)19-20(16(12)13)11-4-2-1-3-5-11/h1-8H,9H2,(H,21,22). The summed E-state index contributed by atoms with van der Waals surface area (Å²) < 4.78 is 27.5. The van der Waals surface area contributed by atoms with Crippen LogP contribution < -0.4 is 0 Å². The van der Waals surface area contributed by atoms with Crippen LogP contribution in [0.5, 0.6) is 0 Å². The van der Waals surface area contributed by atoms with E-state index in [0.29, 0.717) is 21.4 Å². The van der Waals surface area contributed by atoms with Crippen LogP contribution in [-0.2, 0) is 15.6 Å². The van der Waals surface area contributed by atoms with Crippen LogP contribution in [0.15, 0.2) is 57.9 Å². The number of aromatic nitrogens is 2. The molecule has 1 aliphatic rings. The number of fused-ring (bicyclic) bond motifs is 3. The number of carboxylic acids is 1. The number of hydrogen-bond acceptors (Lipinski definition) is 4. The lowest BCUT2D eigenvalue weighted by Crippen LogP contribution is -2.15. The Balaban J connectivity index is 2.12. The second-order valence-electron chi connectivity index (χ2n) is 5.63. The lowest BCUT2D eigenvalue weighted by Gasteiger charge is -2.19. The van der Waals surface area contributed by atoms with Crippen LogP contribution in [0.1, 0.15) is 16.1 Å². The maximum Gasteiger partial charge on any atom is 0.356 e. The topological polar surface area (TPSA) is 89.3 Å². The molecule has 6 nitrogen and oxygen atoms in total. The smallest absolute Gasteiger partial charge is 0.356 e. The van der Waals surface area contributed by atoms with Crippen molar-refractivity contribution in [1.82, 2.24) is 9.78 Å². The highest BCUT2D eigenvalue weighted by molar-refractivity contribution is 9.10. The van der Waals surface area contributed by atoms with Crippen LogP contribution in [0.3, 0.4) is 0 Å². The molecule has 4 rings (SSSR count). The third-order valence-electron chi connectivity index (χ3n) is 4.06. The normalized spacial score (nSPS) is 14.6. The summed E-state index contributed by atoms with van der Waals surface area (Å²) in [6, 6.07) is 14.0. The van der Waals surface area contributed by atoms with Crippen molar-refractivity contribution in [3.05, 3.63) is 64.3 Å². The Kier molecular flexibility index (Phi) is 3.55. The van der Waals surface area contributed by atoms with E-state index in [1.54, 1.807) is 24.3 Å². The highest BCUT2D eigenvalue weighted by atomic mass is 79.9. The molecule has 25 heavy (non-hydrogen) atoms. The number of rotatable bonds is 2. The molecule has 0 atom stereocenters. The monoisotopic (exact) mass is 418 g/mol. The summed E-state index contributed by atoms with van der Waals surface area (Å²) in [7, 11) is -3.65. The molecule has 0 fully saturated rings. The first-order valence-corrected chi connectivity index (χ1v) is 9.76. The third-order valence-corrected chi connectivity index (χ3v) is 6.22. The van der Waals surface area contributed by atoms with Crippen molar-refractivity contribution in [2.24, 2.45) is 0 Å². The lowest BCUT2D eigenvalue weighted by atomic mass is 10.1. The van der Waals surface area contributed by atoms with Gasteiger partial charge in [0, 0.05) is 15.6 Å². The summed E-state index contributed by atoms with van der Waals surface area (Å²) in [5.74, 6) is -1.64. The summed E-state index contributed by atoms with van der Waals surface area (Å²) in [6.07, 6.45) is 0. The molecule has 0 saturated carbocycles. The number of para-hydroxylation sites is 1. The van der Waals surface area contributed by atoms with E-state index in [1.807, 2.05) is 18.2 Å². The summed E-state index contributed by atoms with van der Waals surface area (Å²) in [5.41, 5.74) is 1.59. The molecule has 126 valence electrons. The number of carbonyl (C=O) groups is 1. The van der Waals surface area contributed by atoms with E-state index in [2.05, 4.69) is 21.0 Å². The van der Waals surface area contributed by atoms with Crippen molar-refractivity contribution in [1.29, 1.82) is 0 Å². The molecule has 1 aromatic heterocycles. The molecule has 0 aliphatic carbocycles. The number of carboxylic acid groups (broad SMARTS) is 1. The van der Waals surface area contributed by atoms with E-state index < -0.39 is 15.8 Å². The second kappa shape index (κ2) is 5.53. The fourth-order valence-corrected chi connectivity index (χ4v) is 5.14. The summed E-state index contributed by atoms with van der Waals surface area (Å²) in [5, 5.41) is 13.7. The van der Waals surface area contributed by atoms with E-state index in [1.165, 1.54) is 10.7 Å². The number of hydrogen-bond donors (Lipinski definition) is 1. The van der Waals surface area contributed by atoms with Crippen LogP contribution in [0.2, 0.25) is 0 Å². The molecule has 8 heteroatoms. The minimum atomic E-state index is -3.65. The van der Waals surface area contributed by atoms with Gasteiger partial charge in [-0.3, -0.25) is 0 Å². The number of benzene rings is 2. The Morgan fingerprint density at radius 3 is 2.56 bits per heavy atom. The van der Waals surface area contributed by atoms with Crippen molar-refractivity contribution in [3.63, 3.8) is 0 Å². The van der Waals surface area contributed by atoms with Gasteiger partial charge < -0.3 is 5.11 Å². The molecule has 0 amide bonds. The number of sulfone groups is 1. The molecule has 0 spiro atoms. The fraction of sp³-hybridized carbons (Fsp3) is 0.0588. The zero-order valence-electron chi connectivity index (χ0n) is 12.7. The first-order chi connectivity index (χ1) is 11.9. The third kappa shape index (κ3) is 2.49. The van der Waals surface area contributed by atoms with Crippen LogP contribution >= 0.6 is 15.9 Å². The molecule has 0 bridgehead atoms. The molecule has 2 aromatic carbocycles. The summed E-state index contributed by atoms with van der Waals surface area (Å²) >= 11 is 3.29. The van der Waals surface area contributed by atoms with Crippen molar-refractivity contribution in [3.8, 4) is 16.9 Å². The Labute approximate surface area is 151 Å². The highest BCUT2D eigenvalue weighted by Gasteiger charge is 2.36. The number of aromatic carboxylic acids is 1. The molecule has 2 heterocycles. The zero-order chi connectivity index (χ0) is 17.8. The van der Waals surface area contributed by atoms with Gasteiger partial charge in [-0.15, -0.1) is 0 Å². The predicted octanol–water partition coefficient (Wildman–Crippen LogP) is 3.29. The Hall–Kier alpha value is -2.45. The predicted molar refractivity (Wildman–Crippen MR) is 94.5 cm³/mol. The van der Waals surface area contributed by atoms with Crippen molar-refractivity contribution in [2.75, 3.05) is 0 Å². The van der Waals surface area contributed by atoms with Gasteiger partial charge in [0.25, 0.3) is 0 Å². The van der Waals surface area contributed by atoms with Crippen LogP contribution in [-0.4, -0.2) is 29.3 Å². The average molecular weight is 419 g/mol. The van der Waals surface area contributed by atoms with Gasteiger partial charge in [-0.25, -0.2) is 17.9 Å². The second-order valence-corrected chi connectivity index (χ2v) is 8.50. The Morgan fingerprint density at radius 1 is 1.16 bits per heavy atom. The van der Waals surface area contributed by atoms with Crippen LogP contribution in [0.25, 0.3) is 16.9 Å². The number of halogens is 1. The average Bonchev–Trinajstić information content (AvgIpc) is 2.94. The molecule has 0 unspecified atom stereocenters. The van der Waals surface area contributed by atoms with Gasteiger partial charge in [0.1, 0.15) is 0 Å². The lowest BCUT2D eigenvalue weighted by molar-refractivity contribution is 0.0689. The van der Waals surface area contributed by atoms with Crippen molar-refractivity contribution >= 4 is 31.7 Å². The van der Waals surface area contributed by atoms with Gasteiger partial charge in [-0.2, -0.15) is 5.10 Å². The van der Waals surface area contributed by atoms with Crippen LogP contribution in [0, 0.1) is 0 Å². The summed E-state index contributed by atoms with van der Waals surface area (Å²) in [6.45, 7) is 0. The first-order valence-electron chi connectivity index (χ1n) is 7.32. The van der Waals surface area contributed by atoms with Crippen molar-refractivity contribution in [2.45, 2.75) is 10.6 Å². The van der Waals surface area contributed by atoms with Gasteiger partial charge in [-0.05, 0) is 24.3 Å². The van der Waals surface area contributed by atoms with E-state index in [-0.39, 0.29) is 21.9 Å². The van der Waals surface area contributed by atoms with E-state index in [9.17, 15) is 18.3 Å². The molecule has 0 radical (unpaired) electrons. The van der Waals surface area contributed by atoms with E-state index in [4.69, 9.17) is 0 Å². The maximum absolute atomic E-state index is 12.7. The Morgan fingerprint density at radius 2 is 1.88 bits per heavy atom. The zero-order valence-corrected chi connectivity index (χ0v) is 15.1. The van der Waals surface area contributed by atoms with Gasteiger partial charge in [-0.1, -0.05) is 40.2 Å². The molecule has 0 saturated heterocycles. The van der Waals surface area contributed by atoms with Crippen molar-refractivity contribution < 1.29 is 18.3 Å².